The van der Waals surface area contributed by atoms with Gasteiger partial charge in [0, 0.05) is 24.9 Å². The van der Waals surface area contributed by atoms with Crippen LogP contribution in [0.1, 0.15) is 16.1 Å². The summed E-state index contributed by atoms with van der Waals surface area (Å²) in [5.74, 6) is -0.793. The Hall–Kier alpha value is -3.58. The Morgan fingerprint density at radius 2 is 2.28 bits per heavy atom. The summed E-state index contributed by atoms with van der Waals surface area (Å²) in [6.07, 6.45) is 1.30. The van der Waals surface area contributed by atoms with E-state index in [4.69, 9.17) is 20.8 Å². The number of rotatable bonds is 6. The number of nitrogens with zero attached hydrogens (tertiary/aromatic N) is 3. The Bertz CT molecular complexity index is 868. The van der Waals surface area contributed by atoms with Gasteiger partial charge in [0.25, 0.3) is 5.69 Å². The van der Waals surface area contributed by atoms with Crippen molar-refractivity contribution in [2.45, 2.75) is 0 Å². The van der Waals surface area contributed by atoms with Gasteiger partial charge >= 0.3 is 5.97 Å². The zero-order chi connectivity index (χ0) is 18.6. The molecule has 10 nitrogen and oxygen atoms in total. The summed E-state index contributed by atoms with van der Waals surface area (Å²) in [6, 6.07) is 5.80. The van der Waals surface area contributed by atoms with Crippen molar-refractivity contribution in [1.29, 1.82) is 5.26 Å². The van der Waals surface area contributed by atoms with Gasteiger partial charge in [-0.25, -0.2) is 4.79 Å². The standard InChI is InChI=1S/C15H15N5O5/c1-25-15(22)14-13(17)9(7-16)8-19(14)12-6-10(20(23)24)2-3-11(12)18-4-5-21/h2-3,6,8,18,21H,4-5,17H2,1H3. The Morgan fingerprint density at radius 3 is 2.84 bits per heavy atom. The van der Waals surface area contributed by atoms with Crippen LogP contribution in [0.4, 0.5) is 17.1 Å². The van der Waals surface area contributed by atoms with E-state index < -0.39 is 10.9 Å². The molecule has 1 heterocycles. The van der Waals surface area contributed by atoms with Crippen molar-refractivity contribution in [3.63, 3.8) is 0 Å². The van der Waals surface area contributed by atoms with Gasteiger partial charge in [-0.1, -0.05) is 0 Å². The molecule has 0 aliphatic carbocycles. The fourth-order valence-electron chi connectivity index (χ4n) is 2.28. The van der Waals surface area contributed by atoms with Crippen LogP contribution in [-0.4, -0.2) is 40.8 Å². The zero-order valence-corrected chi connectivity index (χ0v) is 13.2. The number of hydrogen-bond donors (Lipinski definition) is 3. The molecular weight excluding hydrogens is 330 g/mol. The number of carbonyl (C=O) groups is 1. The van der Waals surface area contributed by atoms with Gasteiger partial charge in [-0.2, -0.15) is 5.26 Å². The molecule has 4 N–H and O–H groups in total. The number of methoxy groups -OCH3 is 1. The van der Waals surface area contributed by atoms with Crippen LogP contribution in [0.3, 0.4) is 0 Å². The van der Waals surface area contributed by atoms with Gasteiger partial charge in [-0.3, -0.25) is 10.1 Å². The second kappa shape index (κ2) is 7.33. The Balaban J connectivity index is 2.75. The monoisotopic (exact) mass is 345 g/mol. The van der Waals surface area contributed by atoms with E-state index in [1.54, 1.807) is 0 Å². The lowest BCUT2D eigenvalue weighted by Gasteiger charge is -2.14. The van der Waals surface area contributed by atoms with Gasteiger partial charge < -0.3 is 25.5 Å². The summed E-state index contributed by atoms with van der Waals surface area (Å²) in [4.78, 5) is 22.6. The van der Waals surface area contributed by atoms with E-state index in [9.17, 15) is 14.9 Å². The second-order valence-corrected chi connectivity index (χ2v) is 4.89. The SMILES string of the molecule is COC(=O)c1c(N)c(C#N)cn1-c1cc([N+](=O)[O-])ccc1NCCO. The molecule has 0 aliphatic rings. The van der Waals surface area contributed by atoms with E-state index in [1.807, 2.05) is 6.07 Å². The molecule has 1 aromatic heterocycles. The number of nitro benzene ring substituents is 1. The minimum atomic E-state index is -0.793. The number of benzene rings is 1. The van der Waals surface area contributed by atoms with E-state index in [-0.39, 0.29) is 41.5 Å². The minimum Gasteiger partial charge on any atom is -0.464 e. The number of esters is 1. The number of carbonyl (C=O) groups excluding carboxylic acids is 1. The van der Waals surface area contributed by atoms with Crippen molar-refractivity contribution in [3.8, 4) is 11.8 Å². The summed E-state index contributed by atoms with van der Waals surface area (Å²) in [5.41, 5.74) is 6.07. The highest BCUT2D eigenvalue weighted by molar-refractivity contribution is 5.96. The predicted molar refractivity (Wildman–Crippen MR) is 88.5 cm³/mol. The number of nitrogens with two attached hydrogens (primary N) is 1. The van der Waals surface area contributed by atoms with E-state index in [1.165, 1.54) is 29.0 Å². The first kappa shape index (κ1) is 17.8. The lowest BCUT2D eigenvalue weighted by atomic mass is 10.2. The number of ether oxygens (including phenoxy) is 1. The highest BCUT2D eigenvalue weighted by Gasteiger charge is 2.24. The Morgan fingerprint density at radius 1 is 1.56 bits per heavy atom. The summed E-state index contributed by atoms with van der Waals surface area (Å²) < 4.78 is 5.95. The molecule has 0 saturated heterocycles. The second-order valence-electron chi connectivity index (χ2n) is 4.89. The van der Waals surface area contributed by atoms with Crippen LogP contribution in [0, 0.1) is 21.4 Å². The smallest absolute Gasteiger partial charge is 0.357 e. The maximum atomic E-state index is 12.1. The summed E-state index contributed by atoms with van der Waals surface area (Å²) in [7, 11) is 1.16. The van der Waals surface area contributed by atoms with Gasteiger partial charge in [0.1, 0.15) is 6.07 Å². The number of anilines is 2. The number of aliphatic hydroxyl groups excluding tert-OH is 1. The Labute approximate surface area is 142 Å². The lowest BCUT2D eigenvalue weighted by Crippen LogP contribution is -2.14. The molecule has 2 rings (SSSR count). The van der Waals surface area contributed by atoms with Crippen molar-refractivity contribution in [1.82, 2.24) is 4.57 Å². The predicted octanol–water partition coefficient (Wildman–Crippen LogP) is 1.03. The average Bonchev–Trinajstić information content (AvgIpc) is 2.95. The number of nitriles is 1. The van der Waals surface area contributed by atoms with Crippen LogP contribution in [0.5, 0.6) is 0 Å². The molecule has 10 heteroatoms. The van der Waals surface area contributed by atoms with E-state index in [0.717, 1.165) is 7.11 Å². The Kier molecular flexibility index (Phi) is 5.21. The number of nitrogens with one attached hydrogen (secondary N) is 1. The quantitative estimate of drug-likeness (QED) is 0.398. The van der Waals surface area contributed by atoms with Gasteiger partial charge in [-0.15, -0.1) is 0 Å². The normalized spacial score (nSPS) is 10.1. The third-order valence-electron chi connectivity index (χ3n) is 3.42. The zero-order valence-electron chi connectivity index (χ0n) is 13.2. The van der Waals surface area contributed by atoms with Crippen LogP contribution in [0.2, 0.25) is 0 Å². The van der Waals surface area contributed by atoms with E-state index >= 15 is 0 Å². The largest absolute Gasteiger partial charge is 0.464 e. The van der Waals surface area contributed by atoms with E-state index in [0.29, 0.717) is 5.69 Å². The number of aliphatic hydroxyl groups is 1. The summed E-state index contributed by atoms with van der Waals surface area (Å²) in [5, 5.41) is 32.1. The van der Waals surface area contributed by atoms with Crippen LogP contribution in [-0.2, 0) is 4.74 Å². The molecule has 1 aromatic carbocycles. The fourth-order valence-corrected chi connectivity index (χ4v) is 2.28. The van der Waals surface area contributed by atoms with Crippen molar-refractivity contribution < 1.29 is 19.6 Å². The topological polar surface area (TPSA) is 156 Å². The first-order valence-corrected chi connectivity index (χ1v) is 7.07. The average molecular weight is 345 g/mol. The highest BCUT2D eigenvalue weighted by Crippen LogP contribution is 2.31. The van der Waals surface area contributed by atoms with Gasteiger partial charge in [-0.05, 0) is 6.07 Å². The highest BCUT2D eigenvalue weighted by atomic mass is 16.6. The minimum absolute atomic E-state index is 0.0278. The number of aromatic nitrogens is 1. The maximum Gasteiger partial charge on any atom is 0.357 e. The molecule has 25 heavy (non-hydrogen) atoms. The molecule has 0 saturated carbocycles. The molecular formula is C15H15N5O5. The molecule has 2 aromatic rings. The van der Waals surface area contributed by atoms with Gasteiger partial charge in [0.05, 0.1) is 41.3 Å². The van der Waals surface area contributed by atoms with Crippen LogP contribution >= 0.6 is 0 Å². The number of nitro groups is 1. The summed E-state index contributed by atoms with van der Waals surface area (Å²) in [6.45, 7) is 0.0117. The molecule has 0 bridgehead atoms. The fraction of sp³-hybridized carbons (Fsp3) is 0.200. The molecule has 0 amide bonds. The maximum absolute atomic E-state index is 12.1. The lowest BCUT2D eigenvalue weighted by molar-refractivity contribution is -0.384. The molecule has 0 aliphatic heterocycles. The number of non-ortho nitro benzene ring substituents is 1. The van der Waals surface area contributed by atoms with Crippen molar-refractivity contribution >= 4 is 23.0 Å². The van der Waals surface area contributed by atoms with Crippen LogP contribution in [0.25, 0.3) is 5.69 Å². The molecule has 0 fully saturated rings. The molecule has 0 radical (unpaired) electrons. The molecule has 0 atom stereocenters. The van der Waals surface area contributed by atoms with Gasteiger partial charge in [0.15, 0.2) is 5.69 Å². The number of nitrogen functional groups attached to an aromatic ring is 1. The molecule has 130 valence electrons. The van der Waals surface area contributed by atoms with E-state index in [2.05, 4.69) is 5.32 Å². The van der Waals surface area contributed by atoms with Crippen molar-refractivity contribution in [2.75, 3.05) is 31.3 Å². The number of hydrogen-bond acceptors (Lipinski definition) is 8. The molecule has 0 unspecified atom stereocenters. The van der Waals surface area contributed by atoms with Crippen LogP contribution < -0.4 is 11.1 Å². The van der Waals surface area contributed by atoms with Crippen LogP contribution in [0.15, 0.2) is 24.4 Å². The summed E-state index contributed by atoms with van der Waals surface area (Å²) >= 11 is 0. The third-order valence-corrected chi connectivity index (χ3v) is 3.42. The van der Waals surface area contributed by atoms with Gasteiger partial charge in [0.2, 0.25) is 0 Å². The first-order valence-electron chi connectivity index (χ1n) is 7.07. The van der Waals surface area contributed by atoms with Crippen molar-refractivity contribution in [3.05, 3.63) is 45.8 Å². The van der Waals surface area contributed by atoms with Crippen molar-refractivity contribution in [2.24, 2.45) is 0 Å². The first-order chi connectivity index (χ1) is 11.9. The molecule has 0 spiro atoms. The third kappa shape index (κ3) is 3.36.